The van der Waals surface area contributed by atoms with E-state index in [1.165, 1.54) is 0 Å². The van der Waals surface area contributed by atoms with Crippen molar-refractivity contribution in [3.8, 4) is 0 Å². The zero-order valence-electron chi connectivity index (χ0n) is 13.6. The van der Waals surface area contributed by atoms with Crippen LogP contribution in [0.4, 0.5) is 0 Å². The third-order valence-corrected chi connectivity index (χ3v) is 4.47. The van der Waals surface area contributed by atoms with E-state index in [0.29, 0.717) is 19.5 Å². The number of aliphatic hydroxyl groups excluding tert-OH is 1. The molecule has 0 spiro atoms. The number of hydrogen-bond donors (Lipinski definition) is 1. The SMILES string of the molecule is CCC1CN(C(=O)c2ccccc2C(C)(C)C)CCC1O. The van der Waals surface area contributed by atoms with Crippen LogP contribution in [0.25, 0.3) is 0 Å². The van der Waals surface area contributed by atoms with Crippen molar-refractivity contribution in [3.05, 3.63) is 35.4 Å². The van der Waals surface area contributed by atoms with Gasteiger partial charge in [-0.3, -0.25) is 4.79 Å². The number of carbonyl (C=O) groups is 1. The average molecular weight is 289 g/mol. The number of piperidine rings is 1. The normalized spacial score (nSPS) is 23.2. The maximum absolute atomic E-state index is 12.9. The van der Waals surface area contributed by atoms with Crippen molar-refractivity contribution in [2.24, 2.45) is 5.92 Å². The first-order chi connectivity index (χ1) is 9.84. The van der Waals surface area contributed by atoms with E-state index in [4.69, 9.17) is 0 Å². The van der Waals surface area contributed by atoms with Crippen molar-refractivity contribution in [1.29, 1.82) is 0 Å². The molecule has 1 fully saturated rings. The van der Waals surface area contributed by atoms with E-state index in [9.17, 15) is 9.90 Å². The highest BCUT2D eigenvalue weighted by Gasteiger charge is 2.31. The van der Waals surface area contributed by atoms with E-state index in [-0.39, 0.29) is 23.3 Å². The van der Waals surface area contributed by atoms with Crippen molar-refractivity contribution < 1.29 is 9.90 Å². The van der Waals surface area contributed by atoms with Crippen molar-refractivity contribution in [2.75, 3.05) is 13.1 Å². The van der Waals surface area contributed by atoms with E-state index in [1.54, 1.807) is 0 Å². The Kier molecular flexibility index (Phi) is 4.72. The van der Waals surface area contributed by atoms with Gasteiger partial charge in [0.25, 0.3) is 5.91 Å². The zero-order valence-corrected chi connectivity index (χ0v) is 13.6. The Hall–Kier alpha value is -1.35. The summed E-state index contributed by atoms with van der Waals surface area (Å²) in [6, 6.07) is 7.89. The molecule has 0 bridgehead atoms. The average Bonchev–Trinajstić information content (AvgIpc) is 2.46. The van der Waals surface area contributed by atoms with Gasteiger partial charge in [0.1, 0.15) is 0 Å². The fourth-order valence-corrected chi connectivity index (χ4v) is 3.10. The fraction of sp³-hybridized carbons (Fsp3) is 0.611. The van der Waals surface area contributed by atoms with Gasteiger partial charge in [0.2, 0.25) is 0 Å². The molecule has 2 unspecified atom stereocenters. The van der Waals surface area contributed by atoms with Crippen LogP contribution in [-0.4, -0.2) is 35.1 Å². The molecule has 1 saturated heterocycles. The number of amides is 1. The topological polar surface area (TPSA) is 40.5 Å². The highest BCUT2D eigenvalue weighted by atomic mass is 16.3. The summed E-state index contributed by atoms with van der Waals surface area (Å²) in [5.41, 5.74) is 1.84. The lowest BCUT2D eigenvalue weighted by atomic mass is 9.83. The minimum absolute atomic E-state index is 0.0499. The van der Waals surface area contributed by atoms with Crippen molar-refractivity contribution >= 4 is 5.91 Å². The molecule has 1 aliphatic rings. The highest BCUT2D eigenvalue weighted by Crippen LogP contribution is 2.28. The van der Waals surface area contributed by atoms with E-state index < -0.39 is 0 Å². The smallest absolute Gasteiger partial charge is 0.254 e. The second-order valence-electron chi connectivity index (χ2n) is 7.07. The molecular formula is C18H27NO2. The minimum atomic E-state index is -0.267. The molecule has 2 rings (SSSR count). The van der Waals surface area contributed by atoms with Crippen LogP contribution in [0.2, 0.25) is 0 Å². The van der Waals surface area contributed by atoms with Gasteiger partial charge >= 0.3 is 0 Å². The van der Waals surface area contributed by atoms with Crippen LogP contribution in [0.3, 0.4) is 0 Å². The predicted octanol–water partition coefficient (Wildman–Crippen LogP) is 3.22. The largest absolute Gasteiger partial charge is 0.393 e. The number of nitrogens with zero attached hydrogens (tertiary/aromatic N) is 1. The van der Waals surface area contributed by atoms with Crippen LogP contribution in [0, 0.1) is 5.92 Å². The molecule has 0 aliphatic carbocycles. The van der Waals surface area contributed by atoms with E-state index >= 15 is 0 Å². The summed E-state index contributed by atoms with van der Waals surface area (Å²) < 4.78 is 0. The minimum Gasteiger partial charge on any atom is -0.393 e. The van der Waals surface area contributed by atoms with E-state index in [2.05, 4.69) is 27.7 Å². The molecule has 116 valence electrons. The number of benzene rings is 1. The Morgan fingerprint density at radius 1 is 1.33 bits per heavy atom. The summed E-state index contributed by atoms with van der Waals surface area (Å²) in [6.07, 6.45) is 1.32. The Morgan fingerprint density at radius 2 is 2.00 bits per heavy atom. The lowest BCUT2D eigenvalue weighted by Crippen LogP contribution is -2.46. The zero-order chi connectivity index (χ0) is 15.6. The summed E-state index contributed by atoms with van der Waals surface area (Å²) >= 11 is 0. The second kappa shape index (κ2) is 6.18. The van der Waals surface area contributed by atoms with Gasteiger partial charge < -0.3 is 10.0 Å². The van der Waals surface area contributed by atoms with Gasteiger partial charge in [-0.1, -0.05) is 45.9 Å². The highest BCUT2D eigenvalue weighted by molar-refractivity contribution is 5.96. The Labute approximate surface area is 128 Å². The van der Waals surface area contributed by atoms with Crippen LogP contribution < -0.4 is 0 Å². The van der Waals surface area contributed by atoms with Crippen molar-refractivity contribution in [1.82, 2.24) is 4.90 Å². The fourth-order valence-electron chi connectivity index (χ4n) is 3.10. The molecule has 0 saturated carbocycles. The summed E-state index contributed by atoms with van der Waals surface area (Å²) in [4.78, 5) is 14.8. The summed E-state index contributed by atoms with van der Waals surface area (Å²) in [7, 11) is 0. The Morgan fingerprint density at radius 3 is 2.62 bits per heavy atom. The number of hydrogen-bond acceptors (Lipinski definition) is 2. The first-order valence-electron chi connectivity index (χ1n) is 7.91. The molecule has 1 aliphatic heterocycles. The summed E-state index contributed by atoms with van der Waals surface area (Å²) in [6.45, 7) is 9.78. The monoisotopic (exact) mass is 289 g/mol. The van der Waals surface area contributed by atoms with Gasteiger partial charge in [-0.25, -0.2) is 0 Å². The van der Waals surface area contributed by atoms with Crippen molar-refractivity contribution in [3.63, 3.8) is 0 Å². The maximum Gasteiger partial charge on any atom is 0.254 e. The number of rotatable bonds is 2. The molecule has 1 aromatic rings. The first-order valence-corrected chi connectivity index (χ1v) is 7.91. The Balaban J connectivity index is 2.25. The first kappa shape index (κ1) is 16.0. The standard InChI is InChI=1S/C18H27NO2/c1-5-13-12-19(11-10-16(13)20)17(21)14-8-6-7-9-15(14)18(2,3)4/h6-9,13,16,20H,5,10-12H2,1-4H3. The molecule has 3 heteroatoms. The summed E-state index contributed by atoms with van der Waals surface area (Å²) in [5.74, 6) is 0.301. The quantitative estimate of drug-likeness (QED) is 0.908. The molecular weight excluding hydrogens is 262 g/mol. The van der Waals surface area contributed by atoms with Crippen LogP contribution in [0.1, 0.15) is 56.5 Å². The predicted molar refractivity (Wildman–Crippen MR) is 85.5 cm³/mol. The third-order valence-electron chi connectivity index (χ3n) is 4.47. The lowest BCUT2D eigenvalue weighted by Gasteiger charge is -2.36. The van der Waals surface area contributed by atoms with Crippen LogP contribution in [-0.2, 0) is 5.41 Å². The molecule has 1 amide bonds. The van der Waals surface area contributed by atoms with Crippen LogP contribution in [0.15, 0.2) is 24.3 Å². The molecule has 1 aromatic carbocycles. The van der Waals surface area contributed by atoms with Crippen LogP contribution in [0.5, 0.6) is 0 Å². The molecule has 0 aromatic heterocycles. The third kappa shape index (κ3) is 3.46. The summed E-state index contributed by atoms with van der Waals surface area (Å²) in [5, 5.41) is 9.98. The Bertz CT molecular complexity index is 504. The lowest BCUT2D eigenvalue weighted by molar-refractivity contribution is 0.0227. The van der Waals surface area contributed by atoms with Gasteiger partial charge in [0, 0.05) is 24.6 Å². The number of likely N-dealkylation sites (tertiary alicyclic amines) is 1. The molecule has 21 heavy (non-hydrogen) atoms. The molecule has 0 radical (unpaired) electrons. The maximum atomic E-state index is 12.9. The van der Waals surface area contributed by atoms with Gasteiger partial charge in [-0.05, 0) is 29.9 Å². The number of aliphatic hydroxyl groups is 1. The molecule has 2 atom stereocenters. The van der Waals surface area contributed by atoms with Gasteiger partial charge in [0.05, 0.1) is 6.10 Å². The molecule has 3 nitrogen and oxygen atoms in total. The number of carbonyl (C=O) groups excluding carboxylic acids is 1. The van der Waals surface area contributed by atoms with Gasteiger partial charge in [-0.2, -0.15) is 0 Å². The van der Waals surface area contributed by atoms with E-state index in [1.807, 2.05) is 29.2 Å². The van der Waals surface area contributed by atoms with Crippen LogP contribution >= 0.6 is 0 Å². The van der Waals surface area contributed by atoms with Crippen molar-refractivity contribution in [2.45, 2.75) is 52.1 Å². The second-order valence-corrected chi connectivity index (χ2v) is 7.07. The van der Waals surface area contributed by atoms with E-state index in [0.717, 1.165) is 17.5 Å². The molecule has 1 N–H and O–H groups in total. The van der Waals surface area contributed by atoms with Gasteiger partial charge in [0.15, 0.2) is 0 Å². The molecule has 1 heterocycles. The van der Waals surface area contributed by atoms with Gasteiger partial charge in [-0.15, -0.1) is 0 Å².